The summed E-state index contributed by atoms with van der Waals surface area (Å²) in [5, 5.41) is 16.0. The molecule has 0 aliphatic heterocycles. The second-order valence-corrected chi connectivity index (χ2v) is 7.37. The van der Waals surface area contributed by atoms with E-state index in [0.717, 1.165) is 22.9 Å². The third-order valence-electron chi connectivity index (χ3n) is 4.49. The molecule has 0 spiro atoms. The third-order valence-corrected chi connectivity index (χ3v) is 4.49. The Morgan fingerprint density at radius 1 is 0.923 bits per heavy atom. The summed E-state index contributed by atoms with van der Waals surface area (Å²) in [6.45, 7) is 5.06. The van der Waals surface area contributed by atoms with Crippen molar-refractivity contribution in [2.45, 2.75) is 31.9 Å². The average Bonchev–Trinajstić information content (AvgIpc) is 2.65. The number of aliphatic hydroxyl groups excluding tert-OH is 1. The molecule has 3 aromatic rings. The number of hydrogen-bond acceptors (Lipinski definition) is 3. The van der Waals surface area contributed by atoms with E-state index in [2.05, 4.69) is 55.6 Å². The molecule has 0 radical (unpaired) electrons. The maximum atomic E-state index is 10.3. The van der Waals surface area contributed by atoms with Crippen LogP contribution in [0.1, 0.15) is 19.4 Å². The fourth-order valence-electron chi connectivity index (χ4n) is 3.13. The Hall–Kier alpha value is -2.36. The molecule has 3 nitrogen and oxygen atoms in total. The van der Waals surface area contributed by atoms with Gasteiger partial charge in [0.2, 0.25) is 0 Å². The van der Waals surface area contributed by atoms with E-state index in [0.29, 0.717) is 6.54 Å². The molecule has 1 unspecified atom stereocenters. The molecule has 136 valence electrons. The maximum Gasteiger partial charge on any atom is 0.127 e. The van der Waals surface area contributed by atoms with Crippen molar-refractivity contribution in [1.29, 1.82) is 0 Å². The largest absolute Gasteiger partial charge is 0.490 e. The topological polar surface area (TPSA) is 41.5 Å². The zero-order chi connectivity index (χ0) is 18.4. The Kier molecular flexibility index (Phi) is 5.92. The highest BCUT2D eigenvalue weighted by Gasteiger charge is 2.19. The molecule has 3 rings (SSSR count). The van der Waals surface area contributed by atoms with E-state index in [-0.39, 0.29) is 12.1 Å². The van der Waals surface area contributed by atoms with Crippen LogP contribution < -0.4 is 10.1 Å². The van der Waals surface area contributed by atoms with Crippen LogP contribution in [0.2, 0.25) is 0 Å². The fourth-order valence-corrected chi connectivity index (χ4v) is 3.13. The molecule has 3 heteroatoms. The summed E-state index contributed by atoms with van der Waals surface area (Å²) in [5.41, 5.74) is 1.19. The molecular weight excluding hydrogens is 322 g/mol. The van der Waals surface area contributed by atoms with Gasteiger partial charge in [0.1, 0.15) is 18.5 Å². The van der Waals surface area contributed by atoms with Gasteiger partial charge in [0, 0.05) is 17.5 Å². The summed E-state index contributed by atoms with van der Waals surface area (Å²) in [6, 6.07) is 24.5. The van der Waals surface area contributed by atoms with Gasteiger partial charge >= 0.3 is 0 Å². The highest BCUT2D eigenvalue weighted by atomic mass is 16.5. The standard InChI is InChI=1S/C23H27NO2/c1-23(2,15-18-9-4-3-5-10-18)24-16-20(25)17-26-22-14-8-12-19-11-6-7-13-21(19)22/h3-14,20,24-25H,15-17H2,1-2H3. The SMILES string of the molecule is CC(C)(Cc1ccccc1)NCC(O)COc1cccc2ccccc12. The number of nitrogens with one attached hydrogen (secondary N) is 1. The van der Waals surface area contributed by atoms with Crippen LogP contribution in [0, 0.1) is 0 Å². The highest BCUT2D eigenvalue weighted by Crippen LogP contribution is 2.25. The maximum absolute atomic E-state index is 10.3. The summed E-state index contributed by atoms with van der Waals surface area (Å²) in [7, 11) is 0. The number of hydrogen-bond donors (Lipinski definition) is 2. The van der Waals surface area contributed by atoms with Gasteiger partial charge in [0.05, 0.1) is 0 Å². The molecule has 0 fully saturated rings. The van der Waals surface area contributed by atoms with Gasteiger partial charge in [-0.1, -0.05) is 66.7 Å². The van der Waals surface area contributed by atoms with Crippen molar-refractivity contribution in [3.63, 3.8) is 0 Å². The van der Waals surface area contributed by atoms with Gasteiger partial charge in [-0.2, -0.15) is 0 Å². The van der Waals surface area contributed by atoms with Crippen molar-refractivity contribution in [3.05, 3.63) is 78.4 Å². The lowest BCUT2D eigenvalue weighted by atomic mass is 9.95. The number of aliphatic hydroxyl groups is 1. The van der Waals surface area contributed by atoms with Crippen LogP contribution in [0.15, 0.2) is 72.8 Å². The van der Waals surface area contributed by atoms with Crippen molar-refractivity contribution >= 4 is 10.8 Å². The quantitative estimate of drug-likeness (QED) is 0.641. The number of β-amino-alcohol motifs (C(OH)–C–C–N with tert-alkyl or cyclic N) is 1. The molecule has 26 heavy (non-hydrogen) atoms. The number of benzene rings is 3. The molecule has 1 atom stereocenters. The van der Waals surface area contributed by atoms with Crippen molar-refractivity contribution < 1.29 is 9.84 Å². The Bertz CT molecular complexity index is 824. The highest BCUT2D eigenvalue weighted by molar-refractivity contribution is 5.88. The van der Waals surface area contributed by atoms with Crippen molar-refractivity contribution in [1.82, 2.24) is 5.32 Å². The van der Waals surface area contributed by atoms with Gasteiger partial charge in [0.25, 0.3) is 0 Å². The zero-order valence-electron chi connectivity index (χ0n) is 15.5. The second kappa shape index (κ2) is 8.35. The zero-order valence-corrected chi connectivity index (χ0v) is 15.5. The van der Waals surface area contributed by atoms with Crippen LogP contribution >= 0.6 is 0 Å². The minimum atomic E-state index is -0.566. The van der Waals surface area contributed by atoms with E-state index >= 15 is 0 Å². The molecule has 2 N–H and O–H groups in total. The minimum absolute atomic E-state index is 0.0955. The van der Waals surface area contributed by atoms with Crippen LogP contribution in [0.5, 0.6) is 5.75 Å². The molecule has 3 aromatic carbocycles. The molecular formula is C23H27NO2. The van der Waals surface area contributed by atoms with Crippen LogP contribution in [0.25, 0.3) is 10.8 Å². The van der Waals surface area contributed by atoms with E-state index in [1.807, 2.05) is 36.4 Å². The first-order chi connectivity index (χ1) is 12.5. The monoisotopic (exact) mass is 349 g/mol. The lowest BCUT2D eigenvalue weighted by Gasteiger charge is -2.28. The lowest BCUT2D eigenvalue weighted by Crippen LogP contribution is -2.46. The number of rotatable bonds is 8. The van der Waals surface area contributed by atoms with Crippen molar-refractivity contribution in [2.24, 2.45) is 0 Å². The van der Waals surface area contributed by atoms with Gasteiger partial charge in [-0.05, 0) is 37.3 Å². The molecule has 0 saturated carbocycles. The van der Waals surface area contributed by atoms with E-state index in [1.165, 1.54) is 5.56 Å². The predicted molar refractivity (Wildman–Crippen MR) is 108 cm³/mol. The first-order valence-electron chi connectivity index (χ1n) is 9.11. The lowest BCUT2D eigenvalue weighted by molar-refractivity contribution is 0.0996. The average molecular weight is 349 g/mol. The van der Waals surface area contributed by atoms with Crippen LogP contribution in [-0.4, -0.2) is 29.9 Å². The Morgan fingerprint density at radius 2 is 1.62 bits per heavy atom. The van der Waals surface area contributed by atoms with Gasteiger partial charge in [0.15, 0.2) is 0 Å². The minimum Gasteiger partial charge on any atom is -0.490 e. The molecule has 0 aromatic heterocycles. The fraction of sp³-hybridized carbons (Fsp3) is 0.304. The third kappa shape index (κ3) is 5.07. The predicted octanol–water partition coefficient (Wildman–Crippen LogP) is 4.19. The van der Waals surface area contributed by atoms with E-state index in [1.54, 1.807) is 0 Å². The molecule has 0 bridgehead atoms. The number of ether oxygens (including phenoxy) is 1. The van der Waals surface area contributed by atoms with Gasteiger partial charge in [-0.25, -0.2) is 0 Å². The van der Waals surface area contributed by atoms with Crippen LogP contribution in [0.4, 0.5) is 0 Å². The first-order valence-corrected chi connectivity index (χ1v) is 9.11. The van der Waals surface area contributed by atoms with Crippen LogP contribution in [-0.2, 0) is 6.42 Å². The number of fused-ring (bicyclic) bond motifs is 1. The van der Waals surface area contributed by atoms with E-state index in [9.17, 15) is 5.11 Å². The summed E-state index contributed by atoms with van der Waals surface area (Å²) < 4.78 is 5.87. The van der Waals surface area contributed by atoms with Gasteiger partial charge in [-0.15, -0.1) is 0 Å². The molecule has 0 aliphatic carbocycles. The summed E-state index contributed by atoms with van der Waals surface area (Å²) >= 11 is 0. The second-order valence-electron chi connectivity index (χ2n) is 7.37. The summed E-state index contributed by atoms with van der Waals surface area (Å²) in [6.07, 6.45) is 0.342. The molecule has 0 heterocycles. The molecule has 0 amide bonds. The first kappa shape index (κ1) is 18.4. The Balaban J connectivity index is 1.51. The van der Waals surface area contributed by atoms with Crippen molar-refractivity contribution in [3.8, 4) is 5.75 Å². The van der Waals surface area contributed by atoms with Crippen molar-refractivity contribution in [2.75, 3.05) is 13.2 Å². The van der Waals surface area contributed by atoms with E-state index in [4.69, 9.17) is 4.74 Å². The summed E-state index contributed by atoms with van der Waals surface area (Å²) in [5.74, 6) is 0.811. The van der Waals surface area contributed by atoms with Gasteiger partial charge in [-0.3, -0.25) is 0 Å². The molecule has 0 aliphatic rings. The Morgan fingerprint density at radius 3 is 2.42 bits per heavy atom. The van der Waals surface area contributed by atoms with E-state index < -0.39 is 6.10 Å². The Labute approximate surface area is 155 Å². The smallest absolute Gasteiger partial charge is 0.127 e. The van der Waals surface area contributed by atoms with Gasteiger partial charge < -0.3 is 15.2 Å². The summed E-state index contributed by atoms with van der Waals surface area (Å²) in [4.78, 5) is 0. The molecule has 0 saturated heterocycles. The normalized spacial score (nSPS) is 12.9. The van der Waals surface area contributed by atoms with Crippen LogP contribution in [0.3, 0.4) is 0 Å².